The average Bonchev–Trinajstić information content (AvgIpc) is 3.46. The number of likely N-dealkylation sites (N-methyl/N-ethyl adjacent to an activating group) is 1. The van der Waals surface area contributed by atoms with Crippen LogP contribution >= 0.6 is 0 Å². The lowest BCUT2D eigenvalue weighted by molar-refractivity contribution is -0.870. The molecule has 0 amide bonds. The molecule has 0 aromatic heterocycles. The van der Waals surface area contributed by atoms with Gasteiger partial charge in [-0.2, -0.15) is 0 Å². The van der Waals surface area contributed by atoms with Crippen molar-refractivity contribution >= 4 is 17.9 Å². The van der Waals surface area contributed by atoms with Gasteiger partial charge in [0.1, 0.15) is 13.2 Å². The SMILES string of the molecule is CC/C=C\C/C=C\C/C=C\C/C=C\C/C=C\C/C=C\CCCCCCCCCCCCCCCCCCCCCCCCC(=O)OC(COC(=O)CCCCCCCCC/C=C\CCCCCCCC)COC(OCC[N+](C)(C)C)C(=O)[O-]. The van der Waals surface area contributed by atoms with Gasteiger partial charge in [-0.3, -0.25) is 9.59 Å². The summed E-state index contributed by atoms with van der Waals surface area (Å²) in [5, 5.41) is 11.8. The van der Waals surface area contributed by atoms with Crippen molar-refractivity contribution in [3.63, 3.8) is 0 Å². The second-order valence-electron chi connectivity index (χ2n) is 24.4. The summed E-state index contributed by atoms with van der Waals surface area (Å²) in [6.07, 6.45) is 83.9. The molecule has 9 heteroatoms. The number of carbonyl (C=O) groups excluding carboxylic acids is 3. The molecule has 0 saturated carbocycles. The van der Waals surface area contributed by atoms with Crippen LogP contribution in [-0.4, -0.2) is 82.3 Å². The number of quaternary nitrogens is 1. The first-order chi connectivity index (χ1) is 40.6. The van der Waals surface area contributed by atoms with Crippen molar-refractivity contribution in [2.75, 3.05) is 47.5 Å². The number of allylic oxidation sites excluding steroid dienone is 14. The van der Waals surface area contributed by atoms with E-state index in [4.69, 9.17) is 18.9 Å². The molecule has 0 rings (SSSR count). The van der Waals surface area contributed by atoms with Gasteiger partial charge in [-0.1, -0.05) is 292 Å². The van der Waals surface area contributed by atoms with E-state index < -0.39 is 24.3 Å². The maximum atomic E-state index is 12.9. The first-order valence-electron chi connectivity index (χ1n) is 34.7. The number of aliphatic carboxylic acids is 1. The monoisotopic (exact) mass is 1160 g/mol. The molecule has 0 bridgehead atoms. The second kappa shape index (κ2) is 64.5. The standard InChI is InChI=1S/C74H131NO8/c1-6-8-10-12-14-16-18-20-22-24-25-26-27-28-29-30-31-32-33-34-35-36-37-38-39-40-41-42-43-44-45-46-47-49-51-53-55-57-59-61-63-65-72(77)83-70(69-82-74(73(78)79)80-67-66-75(3,4)5)68-81-71(76)64-62-60-58-56-54-52-50-48-23-21-19-17-15-13-11-9-7-2/h8,10,14,16,20-23,25-26,28-29,31-32,70,74H,6-7,9,11-13,15,17-19,24,27,30,33-69H2,1-5H3/b10-8-,16-14-,22-20-,23-21-,26-25-,29-28-,32-31-. The van der Waals surface area contributed by atoms with Gasteiger partial charge in [-0.25, -0.2) is 0 Å². The Kier molecular flexibility index (Phi) is 61.7. The minimum atomic E-state index is -1.62. The number of hydrogen-bond donors (Lipinski definition) is 0. The van der Waals surface area contributed by atoms with Gasteiger partial charge in [-0.15, -0.1) is 0 Å². The summed E-state index contributed by atoms with van der Waals surface area (Å²) in [6, 6.07) is 0. The third-order valence-corrected chi connectivity index (χ3v) is 15.1. The predicted molar refractivity (Wildman–Crippen MR) is 352 cm³/mol. The van der Waals surface area contributed by atoms with Gasteiger partial charge in [-0.05, 0) is 89.9 Å². The molecule has 9 nitrogen and oxygen atoms in total. The summed E-state index contributed by atoms with van der Waals surface area (Å²) in [6.45, 7) is 4.66. The van der Waals surface area contributed by atoms with E-state index in [-0.39, 0.29) is 38.6 Å². The van der Waals surface area contributed by atoms with Crippen molar-refractivity contribution in [2.45, 2.75) is 322 Å². The van der Waals surface area contributed by atoms with E-state index in [1.807, 2.05) is 21.1 Å². The number of nitrogens with zero attached hydrogens (tertiary/aromatic N) is 1. The smallest absolute Gasteiger partial charge is 0.306 e. The van der Waals surface area contributed by atoms with E-state index in [9.17, 15) is 19.5 Å². The van der Waals surface area contributed by atoms with Crippen molar-refractivity contribution in [1.29, 1.82) is 0 Å². The first kappa shape index (κ1) is 79.5. The summed E-state index contributed by atoms with van der Waals surface area (Å²) in [5.41, 5.74) is 0. The molecule has 0 fully saturated rings. The van der Waals surface area contributed by atoms with Crippen LogP contribution in [0.5, 0.6) is 0 Å². The number of hydrogen-bond acceptors (Lipinski definition) is 8. The van der Waals surface area contributed by atoms with E-state index in [1.54, 1.807) is 0 Å². The Morgan fingerprint density at radius 2 is 0.687 bits per heavy atom. The van der Waals surface area contributed by atoms with Crippen LogP contribution < -0.4 is 5.11 Å². The maximum absolute atomic E-state index is 12.9. The molecule has 2 unspecified atom stereocenters. The highest BCUT2D eigenvalue weighted by Crippen LogP contribution is 2.18. The van der Waals surface area contributed by atoms with Crippen molar-refractivity contribution in [3.8, 4) is 0 Å². The summed E-state index contributed by atoms with van der Waals surface area (Å²) < 4.78 is 22.8. The zero-order chi connectivity index (χ0) is 60.5. The molecule has 2 atom stereocenters. The summed E-state index contributed by atoms with van der Waals surface area (Å²) in [7, 11) is 5.93. The molecule has 0 radical (unpaired) electrons. The molecular formula is C74H131NO8. The fraction of sp³-hybridized carbons (Fsp3) is 0.770. The van der Waals surface area contributed by atoms with Gasteiger partial charge in [0, 0.05) is 12.8 Å². The molecule has 0 aromatic rings. The molecule has 480 valence electrons. The average molecular weight is 1160 g/mol. The van der Waals surface area contributed by atoms with Crippen LogP contribution in [0.1, 0.15) is 309 Å². The van der Waals surface area contributed by atoms with Crippen LogP contribution in [0.3, 0.4) is 0 Å². The van der Waals surface area contributed by atoms with Gasteiger partial charge >= 0.3 is 11.9 Å². The third-order valence-electron chi connectivity index (χ3n) is 15.1. The lowest BCUT2D eigenvalue weighted by Gasteiger charge is -2.26. The highest BCUT2D eigenvalue weighted by molar-refractivity contribution is 5.70. The third kappa shape index (κ3) is 65.9. The Morgan fingerprint density at radius 3 is 1.04 bits per heavy atom. The highest BCUT2D eigenvalue weighted by Gasteiger charge is 2.22. The van der Waals surface area contributed by atoms with E-state index in [0.717, 1.165) is 77.0 Å². The van der Waals surface area contributed by atoms with Crippen molar-refractivity contribution in [1.82, 2.24) is 0 Å². The Morgan fingerprint density at radius 1 is 0.373 bits per heavy atom. The summed E-state index contributed by atoms with van der Waals surface area (Å²) in [4.78, 5) is 37.4. The number of carboxylic acid groups (broad SMARTS) is 1. The normalized spacial score (nSPS) is 13.2. The molecule has 0 aromatic carbocycles. The lowest BCUT2D eigenvalue weighted by atomic mass is 10.0. The van der Waals surface area contributed by atoms with Crippen molar-refractivity contribution in [2.24, 2.45) is 0 Å². The summed E-state index contributed by atoms with van der Waals surface area (Å²) >= 11 is 0. The molecule has 0 aliphatic carbocycles. The molecule has 0 spiro atoms. The number of ether oxygens (including phenoxy) is 4. The zero-order valence-corrected chi connectivity index (χ0v) is 54.8. The minimum absolute atomic E-state index is 0.147. The van der Waals surface area contributed by atoms with Gasteiger partial charge in [0.15, 0.2) is 12.4 Å². The molecule has 83 heavy (non-hydrogen) atoms. The molecule has 0 heterocycles. The van der Waals surface area contributed by atoms with E-state index in [1.165, 1.54) is 199 Å². The van der Waals surface area contributed by atoms with Crippen molar-refractivity contribution in [3.05, 3.63) is 85.1 Å². The Bertz CT molecular complexity index is 1640. The van der Waals surface area contributed by atoms with Gasteiger partial charge in [0.2, 0.25) is 0 Å². The van der Waals surface area contributed by atoms with E-state index in [0.29, 0.717) is 17.4 Å². The number of unbranched alkanes of at least 4 members (excludes halogenated alkanes) is 35. The van der Waals surface area contributed by atoms with Crippen LogP contribution in [0, 0.1) is 0 Å². The molecule has 0 N–H and O–H groups in total. The van der Waals surface area contributed by atoms with Crippen LogP contribution in [0.15, 0.2) is 85.1 Å². The quantitative estimate of drug-likeness (QED) is 0.0195. The minimum Gasteiger partial charge on any atom is -0.545 e. The molecule has 0 aliphatic heterocycles. The second-order valence-corrected chi connectivity index (χ2v) is 24.4. The lowest BCUT2D eigenvalue weighted by Crippen LogP contribution is -2.44. The first-order valence-corrected chi connectivity index (χ1v) is 34.7. The van der Waals surface area contributed by atoms with Crippen LogP contribution in [-0.2, 0) is 33.3 Å². The number of carbonyl (C=O) groups is 3. The Balaban J connectivity index is 3.98. The van der Waals surface area contributed by atoms with Gasteiger partial charge in [0.05, 0.1) is 40.3 Å². The van der Waals surface area contributed by atoms with Crippen LogP contribution in [0.25, 0.3) is 0 Å². The highest BCUT2D eigenvalue weighted by atomic mass is 16.7. The van der Waals surface area contributed by atoms with Gasteiger partial charge in [0.25, 0.3) is 0 Å². The Labute approximate surface area is 512 Å². The maximum Gasteiger partial charge on any atom is 0.306 e. The zero-order valence-electron chi connectivity index (χ0n) is 54.8. The number of esters is 2. The number of carboxylic acids is 1. The van der Waals surface area contributed by atoms with Crippen LogP contribution in [0.2, 0.25) is 0 Å². The van der Waals surface area contributed by atoms with E-state index >= 15 is 0 Å². The number of rotatable bonds is 64. The van der Waals surface area contributed by atoms with Gasteiger partial charge < -0.3 is 33.3 Å². The molecule has 0 saturated heterocycles. The predicted octanol–water partition coefficient (Wildman–Crippen LogP) is 20.1. The largest absolute Gasteiger partial charge is 0.545 e. The summed E-state index contributed by atoms with van der Waals surface area (Å²) in [5.74, 6) is -2.27. The van der Waals surface area contributed by atoms with Crippen molar-refractivity contribution < 1.29 is 42.9 Å². The fourth-order valence-electron chi connectivity index (χ4n) is 9.83. The topological polar surface area (TPSA) is 111 Å². The fourth-order valence-corrected chi connectivity index (χ4v) is 9.83. The molecular weight excluding hydrogens is 1030 g/mol. The molecule has 0 aliphatic rings. The Hall–Kier alpha value is -3.53. The van der Waals surface area contributed by atoms with E-state index in [2.05, 4.69) is 98.9 Å². The van der Waals surface area contributed by atoms with Crippen LogP contribution in [0.4, 0.5) is 0 Å².